The third-order valence-electron chi connectivity index (χ3n) is 1.92. The molecular formula is C9H22Cl2N2O2. The van der Waals surface area contributed by atoms with Gasteiger partial charge in [0.15, 0.2) is 0 Å². The molecule has 0 aromatic carbocycles. The lowest BCUT2D eigenvalue weighted by Crippen LogP contribution is -3.11. The third-order valence-corrected chi connectivity index (χ3v) is 2.28. The second-order valence-corrected chi connectivity index (χ2v) is 4.40. The van der Waals surface area contributed by atoms with Gasteiger partial charge in [0.1, 0.15) is 25.3 Å². The van der Waals surface area contributed by atoms with Crippen LogP contribution in [0.15, 0.2) is 0 Å². The van der Waals surface area contributed by atoms with Crippen molar-refractivity contribution in [1.82, 2.24) is 4.90 Å². The van der Waals surface area contributed by atoms with Crippen molar-refractivity contribution in [3.8, 4) is 0 Å². The van der Waals surface area contributed by atoms with Crippen molar-refractivity contribution in [2.24, 2.45) is 0 Å². The number of hydrogen-bond acceptors (Lipinski definition) is 3. The van der Waals surface area contributed by atoms with Crippen molar-refractivity contribution < 1.29 is 27.5 Å². The predicted molar refractivity (Wildman–Crippen MR) is 57.9 cm³/mol. The van der Waals surface area contributed by atoms with Crippen LogP contribution in [-0.2, 0) is 0 Å². The van der Waals surface area contributed by atoms with Gasteiger partial charge in [-0.25, -0.2) is 0 Å². The first-order valence-corrected chi connectivity index (χ1v) is 5.37. The highest BCUT2D eigenvalue weighted by molar-refractivity contribution is 6.18. The fourth-order valence-electron chi connectivity index (χ4n) is 1.43. The van der Waals surface area contributed by atoms with Gasteiger partial charge in [-0.05, 0) is 14.1 Å². The molecule has 0 aliphatic heterocycles. The molecule has 3 unspecified atom stereocenters. The molecule has 94 valence electrons. The Kier molecular flexibility index (Phi) is 11.4. The Morgan fingerprint density at radius 2 is 1.67 bits per heavy atom. The molecule has 4 nitrogen and oxygen atoms in total. The molecular weight excluding hydrogens is 239 g/mol. The number of aliphatic hydroxyl groups excluding tert-OH is 2. The number of nitrogens with zero attached hydrogens (tertiary/aromatic N) is 1. The number of alkyl halides is 1. The average molecular weight is 261 g/mol. The van der Waals surface area contributed by atoms with Gasteiger partial charge >= 0.3 is 0 Å². The molecule has 0 spiro atoms. The standard InChI is InChI=1S/C9H21ClN2O2.ClH/c1-11(2)5-9(14)7-12(3)6-8(13)4-10;/h8-9,13-14H,4-7H2,1-3H3;1H. The zero-order valence-electron chi connectivity index (χ0n) is 9.58. The van der Waals surface area contributed by atoms with E-state index < -0.39 is 6.10 Å². The minimum absolute atomic E-state index is 0. The normalized spacial score (nSPS) is 17.0. The summed E-state index contributed by atoms with van der Waals surface area (Å²) in [5.74, 6) is 0.251. The van der Waals surface area contributed by atoms with E-state index in [4.69, 9.17) is 11.6 Å². The SMILES string of the molecule is CN(C)CC(O)C[NH+](C)CC(O)CCl.[Cl-]. The second-order valence-electron chi connectivity index (χ2n) is 4.09. The van der Waals surface area contributed by atoms with Crippen LogP contribution in [-0.4, -0.2) is 74.0 Å². The second kappa shape index (κ2) is 9.63. The number of hydrogen-bond donors (Lipinski definition) is 3. The Labute approximate surface area is 103 Å². The van der Waals surface area contributed by atoms with Crippen LogP contribution in [0.1, 0.15) is 0 Å². The largest absolute Gasteiger partial charge is 1.00 e. The molecule has 0 aromatic rings. The number of halogens is 2. The minimum Gasteiger partial charge on any atom is -1.00 e. The van der Waals surface area contributed by atoms with Gasteiger partial charge in [0.2, 0.25) is 0 Å². The summed E-state index contributed by atoms with van der Waals surface area (Å²) in [5.41, 5.74) is 0. The fourth-order valence-corrected chi connectivity index (χ4v) is 1.54. The van der Waals surface area contributed by atoms with Crippen molar-refractivity contribution in [2.75, 3.05) is 46.7 Å². The Morgan fingerprint density at radius 3 is 2.07 bits per heavy atom. The highest BCUT2D eigenvalue weighted by atomic mass is 35.5. The Bertz CT molecular complexity index is 150. The van der Waals surface area contributed by atoms with E-state index >= 15 is 0 Å². The van der Waals surface area contributed by atoms with Crippen molar-refractivity contribution in [2.45, 2.75) is 12.2 Å². The molecule has 3 N–H and O–H groups in total. The number of nitrogens with one attached hydrogen (secondary N) is 1. The molecule has 0 radical (unpaired) electrons. The zero-order chi connectivity index (χ0) is 11.1. The van der Waals surface area contributed by atoms with Crippen LogP contribution in [0.2, 0.25) is 0 Å². The summed E-state index contributed by atoms with van der Waals surface area (Å²) in [5, 5.41) is 18.9. The van der Waals surface area contributed by atoms with E-state index in [0.29, 0.717) is 19.6 Å². The van der Waals surface area contributed by atoms with Crippen LogP contribution in [0.3, 0.4) is 0 Å². The smallest absolute Gasteiger partial charge is 0.116 e. The minimum atomic E-state index is -0.483. The van der Waals surface area contributed by atoms with Crippen LogP contribution in [0.25, 0.3) is 0 Å². The van der Waals surface area contributed by atoms with Gasteiger partial charge in [0, 0.05) is 6.54 Å². The topological polar surface area (TPSA) is 48.1 Å². The van der Waals surface area contributed by atoms with Crippen LogP contribution in [0.4, 0.5) is 0 Å². The number of likely N-dealkylation sites (N-methyl/N-ethyl adjacent to an activating group) is 2. The molecule has 0 bridgehead atoms. The lowest BCUT2D eigenvalue weighted by molar-refractivity contribution is -0.885. The molecule has 0 aliphatic rings. The first-order chi connectivity index (χ1) is 6.45. The Morgan fingerprint density at radius 1 is 1.20 bits per heavy atom. The molecule has 0 aromatic heterocycles. The van der Waals surface area contributed by atoms with Gasteiger partial charge in [-0.15, -0.1) is 11.6 Å². The van der Waals surface area contributed by atoms with E-state index in [1.165, 1.54) is 0 Å². The van der Waals surface area contributed by atoms with Gasteiger partial charge in [0.05, 0.1) is 12.9 Å². The summed E-state index contributed by atoms with van der Waals surface area (Å²) in [6, 6.07) is 0. The molecule has 6 heteroatoms. The van der Waals surface area contributed by atoms with Crippen molar-refractivity contribution >= 4 is 11.6 Å². The summed E-state index contributed by atoms with van der Waals surface area (Å²) in [4.78, 5) is 3.03. The van der Waals surface area contributed by atoms with Crippen molar-refractivity contribution in [3.05, 3.63) is 0 Å². The Balaban J connectivity index is 0. The van der Waals surface area contributed by atoms with Crippen LogP contribution in [0.5, 0.6) is 0 Å². The highest BCUT2D eigenvalue weighted by Gasteiger charge is 2.15. The van der Waals surface area contributed by atoms with Gasteiger partial charge in [0.25, 0.3) is 0 Å². The lowest BCUT2D eigenvalue weighted by Gasteiger charge is -2.21. The van der Waals surface area contributed by atoms with Crippen molar-refractivity contribution in [3.63, 3.8) is 0 Å². The van der Waals surface area contributed by atoms with E-state index in [-0.39, 0.29) is 24.4 Å². The average Bonchev–Trinajstić information content (AvgIpc) is 2.01. The van der Waals surface area contributed by atoms with Crippen LogP contribution < -0.4 is 17.3 Å². The van der Waals surface area contributed by atoms with Gasteiger partial charge in [-0.2, -0.15) is 0 Å². The van der Waals surface area contributed by atoms with E-state index in [2.05, 4.69) is 0 Å². The van der Waals surface area contributed by atoms with E-state index in [1.54, 1.807) is 0 Å². The maximum Gasteiger partial charge on any atom is 0.116 e. The molecule has 0 fully saturated rings. The maximum absolute atomic E-state index is 9.60. The molecule has 3 atom stereocenters. The summed E-state index contributed by atoms with van der Waals surface area (Å²) >= 11 is 5.48. The quantitative estimate of drug-likeness (QED) is 0.402. The zero-order valence-corrected chi connectivity index (χ0v) is 11.1. The summed E-state index contributed by atoms with van der Waals surface area (Å²) in [6.45, 7) is 1.86. The van der Waals surface area contributed by atoms with Gasteiger partial charge < -0.3 is 32.4 Å². The highest BCUT2D eigenvalue weighted by Crippen LogP contribution is 1.84. The third kappa shape index (κ3) is 10.7. The van der Waals surface area contributed by atoms with Crippen molar-refractivity contribution in [1.29, 1.82) is 0 Å². The monoisotopic (exact) mass is 260 g/mol. The maximum atomic E-state index is 9.60. The number of rotatable bonds is 7. The van der Waals surface area contributed by atoms with Gasteiger partial charge in [-0.1, -0.05) is 0 Å². The molecule has 15 heavy (non-hydrogen) atoms. The molecule has 0 amide bonds. The number of aliphatic hydroxyl groups is 2. The fraction of sp³-hybridized carbons (Fsp3) is 1.00. The summed E-state index contributed by atoms with van der Waals surface area (Å²) in [7, 11) is 5.78. The number of quaternary nitrogens is 1. The first-order valence-electron chi connectivity index (χ1n) is 4.83. The summed E-state index contributed by atoms with van der Waals surface area (Å²) < 4.78 is 0. The molecule has 0 heterocycles. The van der Waals surface area contributed by atoms with Gasteiger partial charge in [-0.3, -0.25) is 0 Å². The Hall–Kier alpha value is 0.420. The van der Waals surface area contributed by atoms with E-state index in [9.17, 15) is 10.2 Å². The molecule has 0 rings (SSSR count). The molecule has 0 saturated carbocycles. The van der Waals surface area contributed by atoms with Crippen LogP contribution >= 0.6 is 11.6 Å². The summed E-state index contributed by atoms with van der Waals surface area (Å²) in [6.07, 6.45) is -0.837. The van der Waals surface area contributed by atoms with Crippen LogP contribution in [0, 0.1) is 0 Å². The first kappa shape index (κ1) is 17.8. The van der Waals surface area contributed by atoms with E-state index in [0.717, 1.165) is 4.90 Å². The molecule has 0 aliphatic carbocycles. The molecule has 0 saturated heterocycles. The lowest BCUT2D eigenvalue weighted by atomic mass is 10.3. The predicted octanol–water partition coefficient (Wildman–Crippen LogP) is -4.97. The van der Waals surface area contributed by atoms with E-state index in [1.807, 2.05) is 26.0 Å².